The Kier molecular flexibility index (Phi) is 3.78. The molecule has 5 rings (SSSR count). The van der Waals surface area contributed by atoms with Gasteiger partial charge < -0.3 is 9.32 Å². The molecular formula is C19H16N4O3S. The van der Waals surface area contributed by atoms with E-state index in [4.69, 9.17) is 4.42 Å². The zero-order valence-electron chi connectivity index (χ0n) is 14.4. The first-order valence-corrected chi connectivity index (χ1v) is 9.64. The average Bonchev–Trinajstić information content (AvgIpc) is 3.31. The monoisotopic (exact) mass is 380 g/mol. The van der Waals surface area contributed by atoms with E-state index in [-0.39, 0.29) is 16.5 Å². The minimum atomic E-state index is -0.372. The number of rotatable bonds is 3. The molecule has 1 fully saturated rings. The standard InChI is InChI=1S/C19H16N4O3S/c24-23(25)13-7-8-15-17(10-13)27-19(21-15)22-9-3-4-12(11-22)18-20-14-5-1-2-6-16(14)26-18/h1-2,5-8,10,12H,3-4,9,11H2. The molecule has 0 aliphatic carbocycles. The maximum Gasteiger partial charge on any atom is 0.270 e. The van der Waals surface area contributed by atoms with E-state index in [0.29, 0.717) is 0 Å². The smallest absolute Gasteiger partial charge is 0.270 e. The van der Waals surface area contributed by atoms with Gasteiger partial charge in [-0.15, -0.1) is 0 Å². The molecule has 0 radical (unpaired) electrons. The van der Waals surface area contributed by atoms with Crippen LogP contribution >= 0.6 is 11.3 Å². The van der Waals surface area contributed by atoms with Crippen LogP contribution in [0.3, 0.4) is 0 Å². The van der Waals surface area contributed by atoms with Crippen LogP contribution in [0.1, 0.15) is 24.7 Å². The van der Waals surface area contributed by atoms with Crippen LogP contribution < -0.4 is 4.90 Å². The fourth-order valence-corrected chi connectivity index (χ4v) is 4.60. The minimum Gasteiger partial charge on any atom is -0.440 e. The molecule has 1 atom stereocenters. The van der Waals surface area contributed by atoms with Crippen LogP contribution in [0.25, 0.3) is 21.3 Å². The van der Waals surface area contributed by atoms with Crippen molar-refractivity contribution in [1.29, 1.82) is 0 Å². The summed E-state index contributed by atoms with van der Waals surface area (Å²) in [7, 11) is 0. The van der Waals surface area contributed by atoms with Crippen LogP contribution in [0, 0.1) is 10.1 Å². The Labute approximate surface area is 158 Å². The highest BCUT2D eigenvalue weighted by molar-refractivity contribution is 7.22. The summed E-state index contributed by atoms with van der Waals surface area (Å²) in [6.07, 6.45) is 2.05. The van der Waals surface area contributed by atoms with Crippen LogP contribution in [0.4, 0.5) is 10.8 Å². The molecule has 1 aliphatic rings. The topological polar surface area (TPSA) is 85.3 Å². The van der Waals surface area contributed by atoms with Gasteiger partial charge in [-0.1, -0.05) is 23.5 Å². The van der Waals surface area contributed by atoms with Gasteiger partial charge in [-0.05, 0) is 31.0 Å². The number of para-hydroxylation sites is 2. The van der Waals surface area contributed by atoms with Gasteiger partial charge in [0.25, 0.3) is 5.69 Å². The maximum atomic E-state index is 11.0. The number of thiazole rings is 1. The first-order valence-electron chi connectivity index (χ1n) is 8.83. The van der Waals surface area contributed by atoms with Gasteiger partial charge in [-0.3, -0.25) is 10.1 Å². The molecule has 27 heavy (non-hydrogen) atoms. The molecule has 2 aromatic heterocycles. The van der Waals surface area contributed by atoms with Crippen molar-refractivity contribution in [3.63, 3.8) is 0 Å². The highest BCUT2D eigenvalue weighted by Gasteiger charge is 2.27. The molecule has 0 amide bonds. The third-order valence-corrected chi connectivity index (χ3v) is 6.00. The number of oxazole rings is 1. The van der Waals surface area contributed by atoms with Crippen LogP contribution in [0.15, 0.2) is 46.9 Å². The largest absolute Gasteiger partial charge is 0.440 e. The van der Waals surface area contributed by atoms with Gasteiger partial charge >= 0.3 is 0 Å². The highest BCUT2D eigenvalue weighted by Crippen LogP contribution is 2.36. The number of nitro groups is 1. The van der Waals surface area contributed by atoms with Crippen molar-refractivity contribution in [2.75, 3.05) is 18.0 Å². The van der Waals surface area contributed by atoms with Gasteiger partial charge in [0.05, 0.1) is 21.1 Å². The zero-order chi connectivity index (χ0) is 18.4. The molecule has 7 nitrogen and oxygen atoms in total. The van der Waals surface area contributed by atoms with E-state index in [0.717, 1.165) is 58.3 Å². The lowest BCUT2D eigenvalue weighted by atomic mass is 9.98. The predicted octanol–water partition coefficient (Wildman–Crippen LogP) is 4.73. The van der Waals surface area contributed by atoms with Gasteiger partial charge in [0.2, 0.25) is 0 Å². The molecule has 8 heteroatoms. The second-order valence-electron chi connectivity index (χ2n) is 6.71. The van der Waals surface area contributed by atoms with Crippen LogP contribution in [0.2, 0.25) is 0 Å². The Hall–Kier alpha value is -3.00. The molecule has 1 unspecified atom stereocenters. The predicted molar refractivity (Wildman–Crippen MR) is 104 cm³/mol. The first-order chi connectivity index (χ1) is 13.2. The Morgan fingerprint density at radius 3 is 2.93 bits per heavy atom. The Bertz CT molecular complexity index is 1120. The van der Waals surface area contributed by atoms with E-state index in [9.17, 15) is 10.1 Å². The van der Waals surface area contributed by atoms with Crippen molar-refractivity contribution in [2.45, 2.75) is 18.8 Å². The quantitative estimate of drug-likeness (QED) is 0.377. The van der Waals surface area contributed by atoms with Gasteiger partial charge in [0, 0.05) is 25.2 Å². The number of hydrogen-bond acceptors (Lipinski definition) is 7. The third kappa shape index (κ3) is 2.91. The second kappa shape index (κ2) is 6.31. The lowest BCUT2D eigenvalue weighted by Gasteiger charge is -2.30. The summed E-state index contributed by atoms with van der Waals surface area (Å²) in [5.41, 5.74) is 2.60. The van der Waals surface area contributed by atoms with Crippen molar-refractivity contribution < 1.29 is 9.34 Å². The van der Waals surface area contributed by atoms with E-state index in [1.165, 1.54) is 17.4 Å². The lowest BCUT2D eigenvalue weighted by Crippen LogP contribution is -2.34. The van der Waals surface area contributed by atoms with E-state index in [1.807, 2.05) is 24.3 Å². The molecular weight excluding hydrogens is 364 g/mol. The van der Waals surface area contributed by atoms with Crippen LogP contribution in [0.5, 0.6) is 0 Å². The average molecular weight is 380 g/mol. The van der Waals surface area contributed by atoms with Gasteiger partial charge in [-0.25, -0.2) is 9.97 Å². The van der Waals surface area contributed by atoms with Crippen molar-refractivity contribution in [3.05, 3.63) is 58.5 Å². The molecule has 1 aliphatic heterocycles. The molecule has 4 aromatic rings. The number of piperidine rings is 1. The number of anilines is 1. The number of aromatic nitrogens is 2. The highest BCUT2D eigenvalue weighted by atomic mass is 32.1. The van der Waals surface area contributed by atoms with E-state index >= 15 is 0 Å². The summed E-state index contributed by atoms with van der Waals surface area (Å²) in [5.74, 6) is 0.991. The summed E-state index contributed by atoms with van der Waals surface area (Å²) in [4.78, 5) is 22.2. The first kappa shape index (κ1) is 16.2. The van der Waals surface area contributed by atoms with Crippen LogP contribution in [-0.4, -0.2) is 28.0 Å². The molecule has 0 saturated carbocycles. The Morgan fingerprint density at radius 2 is 2.07 bits per heavy atom. The molecule has 1 saturated heterocycles. The minimum absolute atomic E-state index is 0.0979. The maximum absolute atomic E-state index is 11.0. The number of non-ortho nitro benzene ring substituents is 1. The number of hydrogen-bond donors (Lipinski definition) is 0. The molecule has 0 N–H and O–H groups in total. The second-order valence-corrected chi connectivity index (χ2v) is 7.72. The van der Waals surface area contributed by atoms with E-state index < -0.39 is 0 Å². The molecule has 136 valence electrons. The summed E-state index contributed by atoms with van der Waals surface area (Å²) in [6, 6.07) is 12.6. The zero-order valence-corrected chi connectivity index (χ0v) is 15.2. The van der Waals surface area contributed by atoms with E-state index in [1.54, 1.807) is 12.1 Å². The molecule has 3 heterocycles. The third-order valence-electron chi connectivity index (χ3n) is 4.92. The number of benzene rings is 2. The summed E-state index contributed by atoms with van der Waals surface area (Å²) in [6.45, 7) is 1.70. The van der Waals surface area contributed by atoms with Crippen molar-refractivity contribution in [2.24, 2.45) is 0 Å². The SMILES string of the molecule is O=[N+]([O-])c1ccc2nc(N3CCCC(c4nc5ccccc5o4)C3)sc2c1. The van der Waals surface area contributed by atoms with Gasteiger partial charge in [0.1, 0.15) is 5.52 Å². The molecule has 2 aromatic carbocycles. The Balaban J connectivity index is 1.43. The lowest BCUT2D eigenvalue weighted by molar-refractivity contribution is -0.384. The van der Waals surface area contributed by atoms with E-state index in [2.05, 4.69) is 14.9 Å². The number of fused-ring (bicyclic) bond motifs is 2. The normalized spacial score (nSPS) is 17.6. The Morgan fingerprint density at radius 1 is 1.19 bits per heavy atom. The number of nitrogens with zero attached hydrogens (tertiary/aromatic N) is 4. The van der Waals surface area contributed by atoms with Crippen molar-refractivity contribution in [1.82, 2.24) is 9.97 Å². The summed E-state index contributed by atoms with van der Waals surface area (Å²) < 4.78 is 6.80. The summed E-state index contributed by atoms with van der Waals surface area (Å²) in [5, 5.41) is 11.9. The van der Waals surface area contributed by atoms with Crippen molar-refractivity contribution >= 4 is 43.5 Å². The van der Waals surface area contributed by atoms with Crippen molar-refractivity contribution in [3.8, 4) is 0 Å². The van der Waals surface area contributed by atoms with Crippen LogP contribution in [-0.2, 0) is 0 Å². The summed E-state index contributed by atoms with van der Waals surface area (Å²) >= 11 is 1.50. The fourth-order valence-electron chi connectivity index (χ4n) is 3.57. The molecule has 0 spiro atoms. The number of nitro benzene ring substituents is 1. The molecule has 0 bridgehead atoms. The van der Waals surface area contributed by atoms with Gasteiger partial charge in [-0.2, -0.15) is 0 Å². The van der Waals surface area contributed by atoms with Gasteiger partial charge in [0.15, 0.2) is 16.6 Å². The fraction of sp³-hybridized carbons (Fsp3) is 0.263.